The maximum Gasteiger partial charge on any atom is 0.128 e. The van der Waals surface area contributed by atoms with E-state index in [4.69, 9.17) is 5.11 Å². The smallest absolute Gasteiger partial charge is 0.128 e. The van der Waals surface area contributed by atoms with E-state index in [1.807, 2.05) is 11.3 Å². The van der Waals surface area contributed by atoms with Gasteiger partial charge in [-0.1, -0.05) is 13.0 Å². The van der Waals surface area contributed by atoms with Crippen molar-refractivity contribution in [3.05, 3.63) is 57.0 Å². The summed E-state index contributed by atoms with van der Waals surface area (Å²) in [7, 11) is 0. The molecule has 1 aromatic heterocycles. The van der Waals surface area contributed by atoms with Crippen LogP contribution in [-0.2, 0) is 19.6 Å². The molecule has 2 aromatic rings. The molecule has 2 nitrogen and oxygen atoms in total. The number of halogens is 1. The second kappa shape index (κ2) is 6.97. The first kappa shape index (κ1) is 15.2. The third-order valence-electron chi connectivity index (χ3n) is 3.35. The SMILES string of the molecule is CCc1ccc(C(C)NCc2ccc(F)c(CO)c2)s1. The largest absolute Gasteiger partial charge is 0.392 e. The molecule has 0 saturated heterocycles. The molecule has 0 aliphatic rings. The van der Waals surface area contributed by atoms with Gasteiger partial charge >= 0.3 is 0 Å². The monoisotopic (exact) mass is 293 g/mol. The van der Waals surface area contributed by atoms with Gasteiger partial charge in [0.1, 0.15) is 5.82 Å². The summed E-state index contributed by atoms with van der Waals surface area (Å²) in [6, 6.07) is 9.46. The summed E-state index contributed by atoms with van der Waals surface area (Å²) in [5, 5.41) is 12.5. The molecule has 20 heavy (non-hydrogen) atoms. The number of thiophene rings is 1. The maximum atomic E-state index is 13.3. The Morgan fingerprint density at radius 2 is 2.10 bits per heavy atom. The molecule has 0 spiro atoms. The van der Waals surface area contributed by atoms with Crippen molar-refractivity contribution in [2.45, 2.75) is 39.5 Å². The van der Waals surface area contributed by atoms with Crippen molar-refractivity contribution >= 4 is 11.3 Å². The highest BCUT2D eigenvalue weighted by molar-refractivity contribution is 7.12. The van der Waals surface area contributed by atoms with Crippen molar-refractivity contribution in [1.82, 2.24) is 5.32 Å². The Labute approximate surface area is 123 Å². The lowest BCUT2D eigenvalue weighted by Gasteiger charge is -2.13. The van der Waals surface area contributed by atoms with Gasteiger partial charge in [0.25, 0.3) is 0 Å². The fraction of sp³-hybridized carbons (Fsp3) is 0.375. The molecular formula is C16H20FNOS. The number of hydrogen-bond donors (Lipinski definition) is 2. The first-order chi connectivity index (χ1) is 9.63. The minimum Gasteiger partial charge on any atom is -0.392 e. The average Bonchev–Trinajstić information content (AvgIpc) is 2.95. The molecule has 1 atom stereocenters. The van der Waals surface area contributed by atoms with Crippen molar-refractivity contribution in [3.8, 4) is 0 Å². The highest BCUT2D eigenvalue weighted by atomic mass is 32.1. The van der Waals surface area contributed by atoms with Crippen LogP contribution in [0.4, 0.5) is 4.39 Å². The van der Waals surface area contributed by atoms with Crippen LogP contribution in [0.25, 0.3) is 0 Å². The number of hydrogen-bond acceptors (Lipinski definition) is 3. The number of aliphatic hydroxyl groups is 1. The second-order valence-electron chi connectivity index (χ2n) is 4.84. The van der Waals surface area contributed by atoms with E-state index in [0.29, 0.717) is 12.1 Å². The fourth-order valence-corrected chi connectivity index (χ4v) is 3.03. The first-order valence-electron chi connectivity index (χ1n) is 6.84. The maximum absolute atomic E-state index is 13.3. The minimum absolute atomic E-state index is 0.264. The zero-order valence-corrected chi connectivity index (χ0v) is 12.6. The highest BCUT2D eigenvalue weighted by Gasteiger charge is 2.08. The molecule has 1 heterocycles. The predicted octanol–water partition coefficient (Wildman–Crippen LogP) is 3.79. The van der Waals surface area contributed by atoms with Gasteiger partial charge in [-0.05, 0) is 43.2 Å². The normalized spacial score (nSPS) is 12.6. The van der Waals surface area contributed by atoms with Crippen LogP contribution in [-0.4, -0.2) is 5.11 Å². The van der Waals surface area contributed by atoms with E-state index < -0.39 is 0 Å². The summed E-state index contributed by atoms with van der Waals surface area (Å²) < 4.78 is 13.3. The van der Waals surface area contributed by atoms with Gasteiger partial charge < -0.3 is 10.4 Å². The number of aryl methyl sites for hydroxylation is 1. The van der Waals surface area contributed by atoms with Crippen LogP contribution in [0.5, 0.6) is 0 Å². The third kappa shape index (κ3) is 3.66. The zero-order chi connectivity index (χ0) is 14.5. The van der Waals surface area contributed by atoms with Gasteiger partial charge in [0.05, 0.1) is 6.61 Å². The van der Waals surface area contributed by atoms with Crippen molar-refractivity contribution in [1.29, 1.82) is 0 Å². The molecule has 2 rings (SSSR count). The molecule has 0 saturated carbocycles. The summed E-state index contributed by atoms with van der Waals surface area (Å²) in [6.07, 6.45) is 1.06. The summed E-state index contributed by atoms with van der Waals surface area (Å²) in [5.41, 5.74) is 1.33. The Morgan fingerprint density at radius 3 is 2.75 bits per heavy atom. The molecule has 0 bridgehead atoms. The van der Waals surface area contributed by atoms with E-state index in [1.165, 1.54) is 15.8 Å². The number of rotatable bonds is 6. The molecule has 1 aromatic carbocycles. The van der Waals surface area contributed by atoms with E-state index in [2.05, 4.69) is 31.3 Å². The van der Waals surface area contributed by atoms with Crippen LogP contribution in [0.2, 0.25) is 0 Å². The Balaban J connectivity index is 1.97. The Hall–Kier alpha value is -1.23. The van der Waals surface area contributed by atoms with E-state index in [-0.39, 0.29) is 18.5 Å². The molecule has 0 aliphatic heterocycles. The van der Waals surface area contributed by atoms with Gasteiger partial charge in [-0.3, -0.25) is 0 Å². The Kier molecular flexibility index (Phi) is 5.29. The first-order valence-corrected chi connectivity index (χ1v) is 7.65. The third-order valence-corrected chi connectivity index (χ3v) is 4.76. The fourth-order valence-electron chi connectivity index (χ4n) is 2.05. The van der Waals surface area contributed by atoms with Crippen LogP contribution in [0, 0.1) is 5.82 Å². The topological polar surface area (TPSA) is 32.3 Å². The van der Waals surface area contributed by atoms with Crippen molar-refractivity contribution < 1.29 is 9.50 Å². The van der Waals surface area contributed by atoms with Crippen LogP contribution >= 0.6 is 11.3 Å². The number of nitrogens with one attached hydrogen (secondary N) is 1. The van der Waals surface area contributed by atoms with Crippen LogP contribution in [0.3, 0.4) is 0 Å². The van der Waals surface area contributed by atoms with Crippen LogP contribution < -0.4 is 5.32 Å². The standard InChI is InChI=1S/C16H20FNOS/c1-3-14-5-7-16(20-14)11(2)18-9-12-4-6-15(17)13(8-12)10-19/h4-8,11,18-19H,3,9-10H2,1-2H3. The van der Waals surface area contributed by atoms with Gasteiger partial charge in [0, 0.05) is 27.9 Å². The van der Waals surface area contributed by atoms with Gasteiger partial charge in [-0.2, -0.15) is 0 Å². The molecule has 108 valence electrons. The average molecular weight is 293 g/mol. The summed E-state index contributed by atoms with van der Waals surface area (Å²) in [5.74, 6) is -0.352. The summed E-state index contributed by atoms with van der Waals surface area (Å²) in [4.78, 5) is 2.70. The minimum atomic E-state index is -0.352. The van der Waals surface area contributed by atoms with Gasteiger partial charge in [0.15, 0.2) is 0 Å². The van der Waals surface area contributed by atoms with Gasteiger partial charge in [0.2, 0.25) is 0 Å². The second-order valence-corrected chi connectivity index (χ2v) is 6.04. The Morgan fingerprint density at radius 1 is 1.30 bits per heavy atom. The van der Waals surface area contributed by atoms with Crippen LogP contribution in [0.1, 0.15) is 40.8 Å². The van der Waals surface area contributed by atoms with Crippen molar-refractivity contribution in [3.63, 3.8) is 0 Å². The van der Waals surface area contributed by atoms with Crippen molar-refractivity contribution in [2.24, 2.45) is 0 Å². The van der Waals surface area contributed by atoms with Crippen LogP contribution in [0.15, 0.2) is 30.3 Å². The lowest BCUT2D eigenvalue weighted by Crippen LogP contribution is -2.17. The lowest BCUT2D eigenvalue weighted by molar-refractivity contribution is 0.275. The van der Waals surface area contributed by atoms with Crippen molar-refractivity contribution in [2.75, 3.05) is 0 Å². The molecule has 0 radical (unpaired) electrons. The summed E-state index contributed by atoms with van der Waals surface area (Å²) >= 11 is 1.82. The highest BCUT2D eigenvalue weighted by Crippen LogP contribution is 2.23. The van der Waals surface area contributed by atoms with Gasteiger partial charge in [-0.15, -0.1) is 11.3 Å². The van der Waals surface area contributed by atoms with Gasteiger partial charge in [-0.25, -0.2) is 4.39 Å². The van der Waals surface area contributed by atoms with E-state index in [9.17, 15) is 4.39 Å². The predicted molar refractivity (Wildman–Crippen MR) is 81.3 cm³/mol. The lowest BCUT2D eigenvalue weighted by atomic mass is 10.1. The number of benzene rings is 1. The quantitative estimate of drug-likeness (QED) is 0.849. The molecule has 0 fully saturated rings. The molecule has 4 heteroatoms. The number of aliphatic hydroxyl groups excluding tert-OH is 1. The zero-order valence-electron chi connectivity index (χ0n) is 11.8. The van der Waals surface area contributed by atoms with E-state index >= 15 is 0 Å². The Bertz CT molecular complexity index is 567. The molecule has 0 amide bonds. The molecule has 0 aliphatic carbocycles. The molecule has 2 N–H and O–H groups in total. The van der Waals surface area contributed by atoms with E-state index in [0.717, 1.165) is 12.0 Å². The molecule has 1 unspecified atom stereocenters. The molecular weight excluding hydrogens is 273 g/mol. The summed E-state index contributed by atoms with van der Waals surface area (Å²) in [6.45, 7) is 4.68. The van der Waals surface area contributed by atoms with E-state index in [1.54, 1.807) is 12.1 Å².